The average Bonchev–Trinajstić information content (AvgIpc) is 2.53. The summed E-state index contributed by atoms with van der Waals surface area (Å²) in [5, 5.41) is -0.503. The molecule has 0 radical (unpaired) electrons. The topological polar surface area (TPSA) is 41.9 Å². The zero-order chi connectivity index (χ0) is 19.5. The third kappa shape index (κ3) is 4.84. The third-order valence-electron chi connectivity index (χ3n) is 3.80. The molecule has 0 aliphatic carbocycles. The number of aliphatic imine (C=N–C) groups is 1. The van der Waals surface area contributed by atoms with E-state index >= 15 is 0 Å². The molecule has 4 nitrogen and oxygen atoms in total. The number of nitrogens with zero attached hydrogens (tertiary/aromatic N) is 2. The van der Waals surface area contributed by atoms with E-state index in [0.717, 1.165) is 12.4 Å². The molecule has 144 valence electrons. The molecule has 1 saturated heterocycles. The van der Waals surface area contributed by atoms with Crippen molar-refractivity contribution in [3.63, 3.8) is 0 Å². The van der Waals surface area contributed by atoms with Crippen LogP contribution in [0.2, 0.25) is 5.02 Å². The van der Waals surface area contributed by atoms with Gasteiger partial charge in [0.1, 0.15) is 0 Å². The molecular formula is C16H16ClF5N2O2. The molecule has 26 heavy (non-hydrogen) atoms. The fourth-order valence-corrected chi connectivity index (χ4v) is 2.68. The summed E-state index contributed by atoms with van der Waals surface area (Å²) in [6, 6.07) is 1.61. The van der Waals surface area contributed by atoms with Crippen LogP contribution in [0.25, 0.3) is 0 Å². The molecule has 0 unspecified atom stereocenters. The first-order valence-corrected chi connectivity index (χ1v) is 8.16. The lowest BCUT2D eigenvalue weighted by Crippen LogP contribution is -2.38. The van der Waals surface area contributed by atoms with Gasteiger partial charge in [0.25, 0.3) is 5.92 Å². The lowest BCUT2D eigenvalue weighted by molar-refractivity contribution is -0.137. The first-order valence-electron chi connectivity index (χ1n) is 7.78. The summed E-state index contributed by atoms with van der Waals surface area (Å²) in [7, 11) is 0. The molecule has 0 aromatic heterocycles. The highest BCUT2D eigenvalue weighted by molar-refractivity contribution is 6.36. The highest BCUT2D eigenvalue weighted by Crippen LogP contribution is 2.42. The van der Waals surface area contributed by atoms with Crippen molar-refractivity contribution in [3.05, 3.63) is 28.3 Å². The number of halogens is 6. The Labute approximate surface area is 151 Å². The van der Waals surface area contributed by atoms with E-state index in [2.05, 4.69) is 4.99 Å². The molecule has 0 bridgehead atoms. The molecule has 1 aromatic carbocycles. The fourth-order valence-electron chi connectivity index (χ4n) is 2.39. The van der Waals surface area contributed by atoms with Crippen LogP contribution < -0.4 is 0 Å². The van der Waals surface area contributed by atoms with Gasteiger partial charge in [0, 0.05) is 25.9 Å². The largest absolute Gasteiger partial charge is 0.462 e. The summed E-state index contributed by atoms with van der Waals surface area (Å²) in [5.41, 5.74) is -2.03. The van der Waals surface area contributed by atoms with Crippen LogP contribution in [-0.2, 0) is 10.9 Å². The summed E-state index contributed by atoms with van der Waals surface area (Å²) < 4.78 is 70.7. The second-order valence-corrected chi connectivity index (χ2v) is 6.06. The van der Waals surface area contributed by atoms with Crippen molar-refractivity contribution in [1.29, 1.82) is 0 Å². The van der Waals surface area contributed by atoms with Gasteiger partial charge in [-0.25, -0.2) is 18.6 Å². The molecule has 0 spiro atoms. The minimum Gasteiger partial charge on any atom is -0.462 e. The number of ether oxygens (including phenoxy) is 1. The number of carbonyl (C=O) groups excluding carboxylic acids is 1. The van der Waals surface area contributed by atoms with Gasteiger partial charge < -0.3 is 9.64 Å². The van der Waals surface area contributed by atoms with E-state index in [1.54, 1.807) is 6.92 Å². The van der Waals surface area contributed by atoms with Crippen LogP contribution in [0.3, 0.4) is 0 Å². The number of piperidine rings is 1. The Kier molecular flexibility index (Phi) is 6.10. The van der Waals surface area contributed by atoms with Crippen molar-refractivity contribution >= 4 is 29.6 Å². The molecule has 0 saturated carbocycles. The van der Waals surface area contributed by atoms with E-state index in [4.69, 9.17) is 16.3 Å². The molecule has 1 fully saturated rings. The lowest BCUT2D eigenvalue weighted by Gasteiger charge is -2.30. The predicted molar refractivity (Wildman–Crippen MR) is 86.3 cm³/mol. The van der Waals surface area contributed by atoms with Gasteiger partial charge in [-0.1, -0.05) is 11.6 Å². The quantitative estimate of drug-likeness (QED) is 0.313. The van der Waals surface area contributed by atoms with Crippen LogP contribution in [-0.4, -0.2) is 42.8 Å². The summed E-state index contributed by atoms with van der Waals surface area (Å²) in [6.07, 6.45) is -4.54. The van der Waals surface area contributed by atoms with E-state index in [1.165, 1.54) is 4.90 Å². The van der Waals surface area contributed by atoms with Crippen LogP contribution in [0.15, 0.2) is 17.1 Å². The molecule has 2 rings (SSSR count). The summed E-state index contributed by atoms with van der Waals surface area (Å²) in [6.45, 7) is 1.47. The summed E-state index contributed by atoms with van der Waals surface area (Å²) in [5.74, 6) is -3.66. The summed E-state index contributed by atoms with van der Waals surface area (Å²) in [4.78, 5) is 16.9. The van der Waals surface area contributed by atoms with Gasteiger partial charge in [0.15, 0.2) is 0 Å². The van der Waals surface area contributed by atoms with Crippen LogP contribution in [0.5, 0.6) is 0 Å². The molecule has 0 amide bonds. The Balaban J connectivity index is 2.36. The fraction of sp³-hybridized carbons (Fsp3) is 0.500. The zero-order valence-electron chi connectivity index (χ0n) is 13.7. The second kappa shape index (κ2) is 7.77. The van der Waals surface area contributed by atoms with Crippen molar-refractivity contribution < 1.29 is 31.5 Å². The maximum atomic E-state index is 13.2. The monoisotopic (exact) mass is 398 g/mol. The average molecular weight is 399 g/mol. The number of carbonyl (C=O) groups is 1. The van der Waals surface area contributed by atoms with E-state index in [1.807, 2.05) is 0 Å². The summed E-state index contributed by atoms with van der Waals surface area (Å²) >= 11 is 5.96. The first kappa shape index (κ1) is 20.4. The Morgan fingerprint density at radius 2 is 1.96 bits per heavy atom. The van der Waals surface area contributed by atoms with Gasteiger partial charge in [-0.3, -0.25) is 0 Å². The molecule has 1 aromatic rings. The van der Waals surface area contributed by atoms with E-state index < -0.39 is 47.2 Å². The lowest BCUT2D eigenvalue weighted by atomic mass is 10.1. The minimum absolute atomic E-state index is 0.0246. The van der Waals surface area contributed by atoms with Gasteiger partial charge in [0.2, 0.25) is 0 Å². The maximum absolute atomic E-state index is 13.2. The Morgan fingerprint density at radius 1 is 1.35 bits per heavy atom. The number of alkyl halides is 5. The van der Waals surface area contributed by atoms with Gasteiger partial charge in [-0.2, -0.15) is 13.2 Å². The highest BCUT2D eigenvalue weighted by atomic mass is 35.5. The van der Waals surface area contributed by atoms with Crippen LogP contribution >= 0.6 is 11.6 Å². The number of hydrogen-bond donors (Lipinski definition) is 0. The number of hydrogen-bond acceptors (Lipinski definition) is 3. The molecule has 1 heterocycles. The Bertz CT molecular complexity index is 697. The number of esters is 1. The van der Waals surface area contributed by atoms with Crippen molar-refractivity contribution in [1.82, 2.24) is 4.90 Å². The molecule has 10 heteroatoms. The predicted octanol–water partition coefficient (Wildman–Crippen LogP) is 4.93. The van der Waals surface area contributed by atoms with Crippen LogP contribution in [0.1, 0.15) is 35.7 Å². The molecular weight excluding hydrogens is 383 g/mol. The SMILES string of the molecule is CCOC(=O)c1ccc(C(F)(F)F)c(N=CN2CCC(F)(F)CC2)c1Cl. The zero-order valence-corrected chi connectivity index (χ0v) is 14.5. The first-order chi connectivity index (χ1) is 12.0. The van der Waals surface area contributed by atoms with Crippen molar-refractivity contribution in [2.24, 2.45) is 4.99 Å². The van der Waals surface area contributed by atoms with Crippen molar-refractivity contribution in [2.75, 3.05) is 19.7 Å². The smallest absolute Gasteiger partial charge is 0.418 e. The number of benzene rings is 1. The second-order valence-electron chi connectivity index (χ2n) is 5.68. The third-order valence-corrected chi connectivity index (χ3v) is 4.18. The standard InChI is InChI=1S/C16H16ClF5N2O2/c1-2-26-14(25)10-3-4-11(16(20,21)22)13(12(10)17)23-9-24-7-5-15(18,19)6-8-24/h3-4,9H,2,5-8H2,1H3. The number of likely N-dealkylation sites (tertiary alicyclic amines) is 1. The van der Waals surface area contributed by atoms with E-state index in [9.17, 15) is 26.7 Å². The maximum Gasteiger partial charge on any atom is 0.418 e. The van der Waals surface area contributed by atoms with Crippen molar-refractivity contribution in [3.8, 4) is 0 Å². The van der Waals surface area contributed by atoms with Gasteiger partial charge >= 0.3 is 12.1 Å². The van der Waals surface area contributed by atoms with Gasteiger partial charge in [-0.15, -0.1) is 0 Å². The normalized spacial score (nSPS) is 17.6. The highest BCUT2D eigenvalue weighted by Gasteiger charge is 2.36. The van der Waals surface area contributed by atoms with Crippen molar-refractivity contribution in [2.45, 2.75) is 31.9 Å². The van der Waals surface area contributed by atoms with Gasteiger partial charge in [-0.05, 0) is 19.1 Å². The number of rotatable bonds is 4. The molecule has 1 aliphatic heterocycles. The molecule has 1 aliphatic rings. The van der Waals surface area contributed by atoms with E-state index in [0.29, 0.717) is 6.07 Å². The Hall–Kier alpha value is -1.90. The van der Waals surface area contributed by atoms with Crippen LogP contribution in [0.4, 0.5) is 27.6 Å². The van der Waals surface area contributed by atoms with Crippen LogP contribution in [0, 0.1) is 0 Å². The van der Waals surface area contributed by atoms with E-state index in [-0.39, 0.29) is 25.3 Å². The Morgan fingerprint density at radius 3 is 2.50 bits per heavy atom. The molecule has 0 N–H and O–H groups in total. The van der Waals surface area contributed by atoms with Gasteiger partial charge in [0.05, 0.1) is 34.8 Å². The minimum atomic E-state index is -4.75. The molecule has 0 atom stereocenters.